The first-order valence-corrected chi connectivity index (χ1v) is 13.9. The Morgan fingerprint density at radius 1 is 1.00 bits per heavy atom. The van der Waals surface area contributed by atoms with E-state index in [4.69, 9.17) is 18.9 Å². The largest absolute Gasteiger partial charge is 0.461 e. The van der Waals surface area contributed by atoms with Crippen molar-refractivity contribution < 1.29 is 38.1 Å². The maximum Gasteiger partial charge on any atom is 0.317 e. The van der Waals surface area contributed by atoms with Crippen LogP contribution in [0.5, 0.6) is 0 Å². The Balaban J connectivity index is 1.56. The van der Waals surface area contributed by atoms with Crippen molar-refractivity contribution in [1.82, 2.24) is 0 Å². The number of fused-ring (bicyclic) bond motifs is 2. The maximum atomic E-state index is 14.0. The number of cyclic esters (lactones) is 2. The summed E-state index contributed by atoms with van der Waals surface area (Å²) in [7, 11) is 0. The molecule has 2 heterocycles. The molecule has 7 unspecified atom stereocenters. The van der Waals surface area contributed by atoms with Crippen LogP contribution >= 0.6 is 0 Å². The van der Waals surface area contributed by atoms with Crippen molar-refractivity contribution in [2.45, 2.75) is 112 Å². The van der Waals surface area contributed by atoms with Crippen LogP contribution in [0.3, 0.4) is 0 Å². The van der Waals surface area contributed by atoms with Crippen LogP contribution in [-0.2, 0) is 38.1 Å². The average molecular weight is 521 g/mol. The number of esters is 4. The van der Waals surface area contributed by atoms with E-state index in [1.807, 2.05) is 0 Å². The van der Waals surface area contributed by atoms with Crippen molar-refractivity contribution in [2.75, 3.05) is 6.61 Å². The fourth-order valence-corrected chi connectivity index (χ4v) is 7.32. The minimum atomic E-state index is -1.21. The van der Waals surface area contributed by atoms with Gasteiger partial charge in [-0.15, -0.1) is 0 Å². The van der Waals surface area contributed by atoms with Crippen LogP contribution in [-0.4, -0.2) is 42.9 Å². The third kappa shape index (κ3) is 4.95. The smallest absolute Gasteiger partial charge is 0.317 e. The molecule has 208 valence electrons. The SMILES string of the molecule is CC1C(=O)OC(=O)C1CC(C)(CC(C)(C)C(=O)OC1CCCCO1)C(=O)OC1CC2CCC1(C)C2(C)C. The lowest BCUT2D eigenvalue weighted by molar-refractivity contribution is -0.198. The molecular formula is C29H44O8. The molecule has 7 atom stereocenters. The molecule has 0 radical (unpaired) electrons. The third-order valence-electron chi connectivity index (χ3n) is 10.4. The number of carbonyl (C=O) groups is 4. The van der Waals surface area contributed by atoms with Gasteiger partial charge in [0, 0.05) is 11.8 Å². The van der Waals surface area contributed by atoms with Crippen molar-refractivity contribution >= 4 is 23.9 Å². The fraction of sp³-hybridized carbons (Fsp3) is 0.862. The highest BCUT2D eigenvalue weighted by Gasteiger charge is 2.63. The van der Waals surface area contributed by atoms with Gasteiger partial charge >= 0.3 is 23.9 Å². The molecule has 2 bridgehead atoms. The molecule has 37 heavy (non-hydrogen) atoms. The van der Waals surface area contributed by atoms with Crippen molar-refractivity contribution in [3.63, 3.8) is 0 Å². The van der Waals surface area contributed by atoms with E-state index in [1.165, 1.54) is 0 Å². The average Bonchev–Trinajstić information content (AvgIpc) is 3.27. The summed E-state index contributed by atoms with van der Waals surface area (Å²) in [5, 5.41) is 0. The van der Waals surface area contributed by atoms with Gasteiger partial charge < -0.3 is 18.9 Å². The van der Waals surface area contributed by atoms with Gasteiger partial charge in [-0.25, -0.2) is 0 Å². The number of rotatable bonds is 8. The first-order chi connectivity index (χ1) is 17.1. The van der Waals surface area contributed by atoms with Gasteiger partial charge in [-0.05, 0) is 77.0 Å². The first-order valence-electron chi connectivity index (χ1n) is 13.9. The summed E-state index contributed by atoms with van der Waals surface area (Å²) >= 11 is 0. The van der Waals surface area contributed by atoms with Crippen molar-refractivity contribution in [3.8, 4) is 0 Å². The second-order valence-corrected chi connectivity index (χ2v) is 13.7. The predicted molar refractivity (Wildman–Crippen MR) is 134 cm³/mol. The van der Waals surface area contributed by atoms with E-state index in [1.54, 1.807) is 27.7 Å². The zero-order valence-electron chi connectivity index (χ0n) is 23.5. The zero-order valence-corrected chi connectivity index (χ0v) is 23.5. The normalized spacial score (nSPS) is 36.7. The lowest BCUT2D eigenvalue weighted by atomic mass is 9.68. The summed E-state index contributed by atoms with van der Waals surface area (Å²) in [6.45, 7) is 14.1. The highest BCUT2D eigenvalue weighted by Crippen LogP contribution is 2.66. The number of hydrogen-bond donors (Lipinski definition) is 0. The summed E-state index contributed by atoms with van der Waals surface area (Å²) in [4.78, 5) is 51.9. The first kappa shape index (κ1) is 28.1. The summed E-state index contributed by atoms with van der Waals surface area (Å²) in [6.07, 6.45) is 4.80. The Morgan fingerprint density at radius 2 is 1.70 bits per heavy atom. The number of ether oxygens (including phenoxy) is 4. The van der Waals surface area contributed by atoms with E-state index in [-0.39, 0.29) is 29.8 Å². The molecule has 0 spiro atoms. The molecule has 8 heteroatoms. The zero-order chi connectivity index (χ0) is 27.4. The second kappa shape index (κ2) is 9.65. The van der Waals surface area contributed by atoms with Gasteiger partial charge in [0.05, 0.1) is 29.3 Å². The molecule has 2 saturated carbocycles. The third-order valence-corrected chi connectivity index (χ3v) is 10.4. The number of carbonyl (C=O) groups excluding carboxylic acids is 4. The molecule has 4 aliphatic rings. The highest BCUT2D eigenvalue weighted by atomic mass is 16.7. The van der Waals surface area contributed by atoms with Gasteiger partial charge in [0.15, 0.2) is 0 Å². The highest BCUT2D eigenvalue weighted by molar-refractivity contribution is 5.96. The van der Waals surface area contributed by atoms with Crippen LogP contribution in [0.2, 0.25) is 0 Å². The summed E-state index contributed by atoms with van der Waals surface area (Å²) in [6, 6.07) is 0. The molecule has 2 saturated heterocycles. The van der Waals surface area contributed by atoms with Gasteiger partial charge in [-0.3, -0.25) is 19.2 Å². The quantitative estimate of drug-likeness (QED) is 0.251. The van der Waals surface area contributed by atoms with Crippen LogP contribution in [0, 0.1) is 39.4 Å². The predicted octanol–water partition coefficient (Wildman–Crippen LogP) is 4.96. The lowest BCUT2D eigenvalue weighted by Gasteiger charge is -2.41. The second-order valence-electron chi connectivity index (χ2n) is 13.7. The summed E-state index contributed by atoms with van der Waals surface area (Å²) < 4.78 is 22.4. The Labute approximate surface area is 220 Å². The summed E-state index contributed by atoms with van der Waals surface area (Å²) in [5.41, 5.74) is -2.33. The fourth-order valence-electron chi connectivity index (χ4n) is 7.32. The molecule has 0 N–H and O–H groups in total. The van der Waals surface area contributed by atoms with Gasteiger partial charge in [-0.2, -0.15) is 0 Å². The molecule has 0 aromatic heterocycles. The molecular weight excluding hydrogens is 476 g/mol. The van der Waals surface area contributed by atoms with Crippen LogP contribution in [0.4, 0.5) is 0 Å². The van der Waals surface area contributed by atoms with Crippen LogP contribution < -0.4 is 0 Å². The Kier molecular flexibility index (Phi) is 7.32. The maximum absolute atomic E-state index is 14.0. The molecule has 0 aromatic carbocycles. The Hall–Kier alpha value is -1.96. The minimum Gasteiger partial charge on any atom is -0.461 e. The molecule has 2 aliphatic carbocycles. The molecule has 0 aromatic rings. The lowest BCUT2D eigenvalue weighted by Crippen LogP contribution is -2.45. The van der Waals surface area contributed by atoms with Gasteiger partial charge in [-0.1, -0.05) is 27.7 Å². The van der Waals surface area contributed by atoms with Crippen molar-refractivity contribution in [1.29, 1.82) is 0 Å². The van der Waals surface area contributed by atoms with Crippen LogP contribution in [0.25, 0.3) is 0 Å². The molecule has 4 fully saturated rings. The van der Waals surface area contributed by atoms with E-state index in [9.17, 15) is 19.2 Å². The minimum absolute atomic E-state index is 0.0600. The van der Waals surface area contributed by atoms with Crippen LogP contribution in [0.15, 0.2) is 0 Å². The van der Waals surface area contributed by atoms with Gasteiger partial charge in [0.1, 0.15) is 6.10 Å². The van der Waals surface area contributed by atoms with E-state index in [0.717, 1.165) is 32.1 Å². The van der Waals surface area contributed by atoms with E-state index in [2.05, 4.69) is 20.8 Å². The van der Waals surface area contributed by atoms with Crippen molar-refractivity contribution in [2.24, 2.45) is 39.4 Å². The monoisotopic (exact) mass is 520 g/mol. The molecule has 4 rings (SSSR count). The standard InChI is InChI=1S/C29H44O8/c1-17-19(23(31)37-22(17)30)15-28(6,16-26(2,3)24(32)36-21-10-8-9-13-34-21)25(33)35-20-14-18-11-12-29(20,7)27(18,4)5/h17-21H,8-16H2,1-7H3. The van der Waals surface area contributed by atoms with Crippen molar-refractivity contribution in [3.05, 3.63) is 0 Å². The number of hydrogen-bond acceptors (Lipinski definition) is 8. The Morgan fingerprint density at radius 3 is 2.22 bits per heavy atom. The molecule has 0 amide bonds. The van der Waals surface area contributed by atoms with E-state index >= 15 is 0 Å². The summed E-state index contributed by atoms with van der Waals surface area (Å²) in [5.74, 6) is -3.04. The topological polar surface area (TPSA) is 105 Å². The Bertz CT molecular complexity index is 948. The van der Waals surface area contributed by atoms with Gasteiger partial charge in [0.2, 0.25) is 6.29 Å². The van der Waals surface area contributed by atoms with E-state index in [0.29, 0.717) is 18.9 Å². The van der Waals surface area contributed by atoms with E-state index < -0.39 is 52.8 Å². The van der Waals surface area contributed by atoms with Gasteiger partial charge in [0.25, 0.3) is 0 Å². The van der Waals surface area contributed by atoms with Crippen LogP contribution in [0.1, 0.15) is 99.8 Å². The molecule has 8 nitrogen and oxygen atoms in total. The molecule has 2 aliphatic heterocycles.